The Hall–Kier alpha value is -3.90. The van der Waals surface area contributed by atoms with Gasteiger partial charge in [-0.2, -0.15) is 0 Å². The Balaban J connectivity index is 1.37. The van der Waals surface area contributed by atoms with Crippen LogP contribution in [0.15, 0.2) is 41.4 Å². The van der Waals surface area contributed by atoms with Gasteiger partial charge >= 0.3 is 5.97 Å². The van der Waals surface area contributed by atoms with Gasteiger partial charge in [0, 0.05) is 54.8 Å². The highest BCUT2D eigenvalue weighted by molar-refractivity contribution is 5.79. The average Bonchev–Trinajstić information content (AvgIpc) is 3.21. The SMILES string of the molecule is CC(=O)O[C@H]1C[C@@H](O)CC[C@@]2([C@H](C)O)C#C[C@@H]3CCC[C@]4(CNCCc5cccc(c5)CC5(CCCCC5)NC(N)=NC2)C[C@@H](CCN4)Oc2cc(c(C(O)O)cc2O)C[C@H]31. The van der Waals surface area contributed by atoms with Crippen LogP contribution in [0.1, 0.15) is 126 Å². The number of carbonyl (C=O) groups excluding carboxylic acids is 1. The Labute approximate surface area is 361 Å². The summed E-state index contributed by atoms with van der Waals surface area (Å²) < 4.78 is 12.7. The average molecular weight is 844 g/mol. The fraction of sp³-hybridized carbons (Fsp3) is 0.667. The van der Waals surface area contributed by atoms with Crippen molar-refractivity contribution in [3.63, 3.8) is 0 Å². The molecule has 0 radical (unpaired) electrons. The number of hydrogen-bond donors (Lipinski definition) is 9. The summed E-state index contributed by atoms with van der Waals surface area (Å²) in [6, 6.07) is 11.9. The Morgan fingerprint density at radius 3 is 2.56 bits per heavy atom. The number of aliphatic hydroxyl groups is 4. The van der Waals surface area contributed by atoms with E-state index in [1.165, 1.54) is 30.5 Å². The maximum absolute atomic E-state index is 12.8. The number of nitrogens with zero attached hydrogens (tertiary/aromatic N) is 1. The summed E-state index contributed by atoms with van der Waals surface area (Å²) in [5.74, 6) is 6.09. The molecular formula is C48H69N5O8. The molecule has 1 saturated heterocycles. The summed E-state index contributed by atoms with van der Waals surface area (Å²) in [6.07, 6.45) is 6.63. The summed E-state index contributed by atoms with van der Waals surface area (Å²) in [4.78, 5) is 17.7. The molecule has 13 nitrogen and oxygen atoms in total. The molecule has 10 N–H and O–H groups in total. The van der Waals surface area contributed by atoms with E-state index in [-0.39, 0.29) is 60.1 Å². The minimum absolute atomic E-state index is 0.110. The van der Waals surface area contributed by atoms with E-state index in [2.05, 4.69) is 52.1 Å². The number of phenols is 1. The van der Waals surface area contributed by atoms with Crippen LogP contribution in [0.4, 0.5) is 0 Å². The molecule has 7 rings (SSSR count). The summed E-state index contributed by atoms with van der Waals surface area (Å²) in [5.41, 5.74) is 8.27. The standard InChI is InChI=1S/C48H69N5O8/c1-31(54)46-18-11-35-10-7-17-48(30-50-20-13-33-8-6-9-34(22-33)27-47(15-4-3-5-16-47)53-45(49)51-29-46)28-38(14-21-52-48)61-43-24-36(40(44(58)59)26-41(43)57)23-39(35)42(60-32(2)55)25-37(56)12-19-46/h6,8-9,22,24,26,31,35,37-39,42,44,50,52,54,56-59H,3-5,7,10,12-17,19-21,23,25,27-30H2,1-2H3,(H3,49,51,53)/t31-,35-,37-,38+,39+,42-,46-,48+/m0/s1. The number of carbonyl (C=O) groups is 1. The van der Waals surface area contributed by atoms with Crippen LogP contribution in [0.3, 0.4) is 0 Å². The van der Waals surface area contributed by atoms with Crippen LogP contribution in [0.5, 0.6) is 11.5 Å². The van der Waals surface area contributed by atoms with Gasteiger partial charge in [-0.3, -0.25) is 9.79 Å². The van der Waals surface area contributed by atoms with Crippen molar-refractivity contribution in [2.75, 3.05) is 26.2 Å². The molecule has 13 heteroatoms. The summed E-state index contributed by atoms with van der Waals surface area (Å²) in [5, 5.41) is 67.2. The predicted octanol–water partition coefficient (Wildman–Crippen LogP) is 4.05. The molecule has 3 heterocycles. The van der Waals surface area contributed by atoms with Gasteiger partial charge in [-0.1, -0.05) is 61.8 Å². The topological polar surface area (TPSA) is 211 Å². The van der Waals surface area contributed by atoms with Gasteiger partial charge in [-0.15, -0.1) is 0 Å². The Kier molecular flexibility index (Phi) is 14.5. The number of piperidine rings is 1. The number of guanidine groups is 1. The van der Waals surface area contributed by atoms with Crippen LogP contribution in [0.25, 0.3) is 0 Å². The van der Waals surface area contributed by atoms with Crippen LogP contribution in [0.2, 0.25) is 0 Å². The second kappa shape index (κ2) is 19.7. The number of fused-ring (bicyclic) bond motifs is 8. The van der Waals surface area contributed by atoms with Crippen molar-refractivity contribution >= 4 is 11.9 Å². The molecule has 2 aliphatic carbocycles. The van der Waals surface area contributed by atoms with Gasteiger partial charge in [0.25, 0.3) is 0 Å². The Morgan fingerprint density at radius 2 is 1.79 bits per heavy atom. The number of rotatable bonds is 3. The van der Waals surface area contributed by atoms with E-state index in [4.69, 9.17) is 20.2 Å². The molecule has 0 amide bonds. The lowest BCUT2D eigenvalue weighted by atomic mass is 9.72. The molecule has 8 bridgehead atoms. The lowest BCUT2D eigenvalue weighted by Crippen LogP contribution is -2.59. The zero-order valence-corrected chi connectivity index (χ0v) is 36.1. The summed E-state index contributed by atoms with van der Waals surface area (Å²) in [7, 11) is 0. The van der Waals surface area contributed by atoms with Gasteiger partial charge in [0.2, 0.25) is 0 Å². The number of aliphatic imine (C=N–C) groups is 1. The number of aliphatic hydroxyl groups excluding tert-OH is 3. The maximum atomic E-state index is 12.8. The molecule has 0 unspecified atom stereocenters. The molecule has 3 aliphatic heterocycles. The van der Waals surface area contributed by atoms with E-state index >= 15 is 0 Å². The maximum Gasteiger partial charge on any atom is 0.302 e. The minimum atomic E-state index is -1.90. The highest BCUT2D eigenvalue weighted by Crippen LogP contribution is 2.42. The van der Waals surface area contributed by atoms with Crippen LogP contribution in [-0.2, 0) is 28.8 Å². The Morgan fingerprint density at radius 1 is 1.00 bits per heavy atom. The van der Waals surface area contributed by atoms with Crippen LogP contribution in [-0.4, -0.2) is 99.1 Å². The largest absolute Gasteiger partial charge is 0.504 e. The first kappa shape index (κ1) is 45.1. The van der Waals surface area contributed by atoms with Gasteiger partial charge < -0.3 is 56.7 Å². The van der Waals surface area contributed by atoms with Crippen molar-refractivity contribution in [1.82, 2.24) is 16.0 Å². The van der Waals surface area contributed by atoms with E-state index in [1.807, 2.05) is 0 Å². The number of ether oxygens (including phenoxy) is 2. The van der Waals surface area contributed by atoms with Crippen molar-refractivity contribution < 1.29 is 39.8 Å². The molecule has 2 aromatic rings. The van der Waals surface area contributed by atoms with Gasteiger partial charge in [0.15, 0.2) is 23.7 Å². The van der Waals surface area contributed by atoms with Gasteiger partial charge in [-0.25, -0.2) is 0 Å². The number of aromatic hydroxyl groups is 1. The van der Waals surface area contributed by atoms with Crippen molar-refractivity contribution in [2.45, 2.75) is 158 Å². The molecule has 61 heavy (non-hydrogen) atoms. The highest BCUT2D eigenvalue weighted by atomic mass is 16.5. The highest BCUT2D eigenvalue weighted by Gasteiger charge is 2.42. The fourth-order valence-corrected chi connectivity index (χ4v) is 10.9. The third-order valence-electron chi connectivity index (χ3n) is 14.4. The number of phenolic OH excluding ortho intramolecular Hbond substituents is 1. The number of benzene rings is 2. The quantitative estimate of drug-likeness (QED) is 0.122. The zero-order valence-electron chi connectivity index (χ0n) is 36.1. The number of hydrogen-bond acceptors (Lipinski definition) is 13. The molecule has 8 atom stereocenters. The molecule has 1 saturated carbocycles. The first-order chi connectivity index (χ1) is 29.2. The monoisotopic (exact) mass is 844 g/mol. The van der Waals surface area contributed by atoms with Gasteiger partial charge in [0.05, 0.1) is 24.2 Å². The fourth-order valence-electron chi connectivity index (χ4n) is 10.9. The minimum Gasteiger partial charge on any atom is -0.504 e. The van der Waals surface area contributed by atoms with Crippen molar-refractivity contribution in [2.24, 2.45) is 28.0 Å². The molecule has 5 aliphatic rings. The lowest BCUT2D eigenvalue weighted by Gasteiger charge is -2.43. The van der Waals surface area contributed by atoms with Gasteiger partial charge in [-0.05, 0) is 113 Å². The molecule has 2 aromatic carbocycles. The van der Waals surface area contributed by atoms with Crippen LogP contribution >= 0.6 is 0 Å². The summed E-state index contributed by atoms with van der Waals surface area (Å²) >= 11 is 0. The van der Waals surface area contributed by atoms with E-state index in [0.717, 1.165) is 64.3 Å². The zero-order chi connectivity index (χ0) is 43.2. The van der Waals surface area contributed by atoms with E-state index in [9.17, 15) is 30.3 Å². The summed E-state index contributed by atoms with van der Waals surface area (Å²) in [6.45, 7) is 5.37. The van der Waals surface area contributed by atoms with Gasteiger partial charge in [0.1, 0.15) is 12.2 Å². The molecular weight excluding hydrogens is 775 g/mol. The number of esters is 1. The Bertz CT molecular complexity index is 1920. The first-order valence-corrected chi connectivity index (χ1v) is 22.8. The van der Waals surface area contributed by atoms with E-state index in [1.54, 1.807) is 13.0 Å². The second-order valence-electron chi connectivity index (χ2n) is 19.0. The van der Waals surface area contributed by atoms with Crippen LogP contribution in [0, 0.1) is 29.1 Å². The number of nitrogens with one attached hydrogen (secondary N) is 3. The smallest absolute Gasteiger partial charge is 0.302 e. The second-order valence-corrected chi connectivity index (χ2v) is 19.0. The normalized spacial score (nSPS) is 31.7. The van der Waals surface area contributed by atoms with Crippen molar-refractivity contribution in [3.8, 4) is 23.3 Å². The van der Waals surface area contributed by atoms with Crippen molar-refractivity contribution in [3.05, 3.63) is 58.7 Å². The predicted molar refractivity (Wildman–Crippen MR) is 234 cm³/mol. The molecule has 2 spiro atoms. The molecule has 0 aromatic heterocycles. The van der Waals surface area contributed by atoms with Crippen molar-refractivity contribution in [1.29, 1.82) is 0 Å². The van der Waals surface area contributed by atoms with E-state index < -0.39 is 47.8 Å². The molecule has 334 valence electrons. The lowest BCUT2D eigenvalue weighted by molar-refractivity contribution is -0.152. The van der Waals surface area contributed by atoms with E-state index in [0.29, 0.717) is 43.9 Å². The molecule has 2 fully saturated rings. The third kappa shape index (κ3) is 11.2. The van der Waals surface area contributed by atoms with Crippen LogP contribution < -0.4 is 26.4 Å². The number of nitrogens with two attached hydrogens (primary N) is 1. The third-order valence-corrected chi connectivity index (χ3v) is 14.4. The first-order valence-electron chi connectivity index (χ1n) is 22.8.